The van der Waals surface area contributed by atoms with Gasteiger partial charge >= 0.3 is 46.3 Å². The summed E-state index contributed by atoms with van der Waals surface area (Å²) in [6.07, 6.45) is 1.37. The van der Waals surface area contributed by atoms with Crippen LogP contribution in [0.15, 0.2) is 0 Å². The molecule has 0 aromatic rings. The molecule has 0 saturated carbocycles. The molecule has 0 amide bonds. The Morgan fingerprint density at radius 3 is 1.12 bits per heavy atom. The zero-order chi connectivity index (χ0) is 6.15. The van der Waals surface area contributed by atoms with Crippen molar-refractivity contribution < 1.29 is 22.4 Å². The molecule has 1 radical (unpaired) electrons. The van der Waals surface area contributed by atoms with Crippen LogP contribution >= 0.6 is 6.60 Å². The van der Waals surface area contributed by atoms with Gasteiger partial charge in [-0.2, -0.15) is 0 Å². The van der Waals surface area contributed by atoms with E-state index in [4.69, 9.17) is 0 Å². The summed E-state index contributed by atoms with van der Waals surface area (Å²) in [5.41, 5.74) is 0. The summed E-state index contributed by atoms with van der Waals surface area (Å²) < 4.78 is 0. The second kappa shape index (κ2) is 2.84. The molecule has 0 N–H and O–H groups in total. The number of hydrogen-bond acceptors (Lipinski definition) is 0. The van der Waals surface area contributed by atoms with Crippen LogP contribution in [-0.2, 0) is 22.4 Å². The van der Waals surface area contributed by atoms with Gasteiger partial charge in [0.2, 0.25) is 0 Å². The summed E-state index contributed by atoms with van der Waals surface area (Å²) in [7, 11) is 0. The van der Waals surface area contributed by atoms with E-state index in [0.717, 1.165) is 0 Å². The van der Waals surface area contributed by atoms with Crippen molar-refractivity contribution in [3.8, 4) is 0 Å². The Hall–Kier alpha value is 1.17. The smallest absolute Gasteiger partial charge is 0 e. The molecule has 8 heavy (non-hydrogen) atoms. The number of hydrogen-bond donors (Lipinski definition) is 0. The molecule has 0 rings (SSSR count). The van der Waals surface area contributed by atoms with Crippen molar-refractivity contribution in [1.29, 1.82) is 0 Å². The van der Waals surface area contributed by atoms with Gasteiger partial charge in [-0.25, -0.2) is 0 Å². The van der Waals surface area contributed by atoms with Crippen molar-refractivity contribution in [3.63, 3.8) is 0 Å². The van der Waals surface area contributed by atoms with Crippen molar-refractivity contribution in [2.24, 2.45) is 0 Å². The Labute approximate surface area is 68.9 Å². The molecule has 0 nitrogen and oxygen atoms in total. The molecule has 0 atom stereocenters. The van der Waals surface area contributed by atoms with E-state index in [1.165, 1.54) is 6.16 Å². The van der Waals surface area contributed by atoms with Crippen molar-refractivity contribution in [2.75, 3.05) is 32.8 Å². The largest absolute Gasteiger partial charge is 0 e. The van der Waals surface area contributed by atoms with E-state index >= 15 is 0 Å². The summed E-state index contributed by atoms with van der Waals surface area (Å²) in [6.45, 7) is 10.8. The first-order valence-corrected chi connectivity index (χ1v) is 7.02. The van der Waals surface area contributed by atoms with Gasteiger partial charge in [0.25, 0.3) is 0 Å². The van der Waals surface area contributed by atoms with E-state index in [-0.39, 0.29) is 22.4 Å². The molecule has 0 aromatic heterocycles. The Morgan fingerprint density at radius 2 is 1.12 bits per heavy atom. The third-order valence-corrected chi connectivity index (χ3v) is 3.79. The maximum Gasteiger partial charge on any atom is 0 e. The minimum atomic E-state index is -1.08. The predicted molar refractivity (Wildman–Crippen MR) is 41.2 cm³/mol. The van der Waals surface area contributed by atoms with E-state index in [1.807, 2.05) is 0 Å². The van der Waals surface area contributed by atoms with Crippen LogP contribution in [0.3, 0.4) is 0 Å². The predicted octanol–water partition coefficient (Wildman–Crippen LogP) is 2.08. The summed E-state index contributed by atoms with van der Waals surface area (Å²) in [6, 6.07) is 0. The van der Waals surface area contributed by atoms with Gasteiger partial charge in [-0.15, -0.1) is 0 Å². The average molecular weight is 317 g/mol. The van der Waals surface area contributed by atoms with Crippen LogP contribution in [0.4, 0.5) is 0 Å². The number of rotatable bonds is 1. The Bertz CT molecular complexity index is 61.1. The van der Waals surface area contributed by atoms with E-state index in [1.54, 1.807) is 0 Å². The average Bonchev–Trinajstić information content (AvgIpc) is 1.32. The third kappa shape index (κ3) is 10.2. The Balaban J connectivity index is 0. The minimum Gasteiger partial charge on any atom is 0 e. The molecule has 0 heterocycles. The zero-order valence-electron chi connectivity index (χ0n) is 6.46. The van der Waals surface area contributed by atoms with Gasteiger partial charge in [0.05, 0.1) is 0 Å². The second-order valence-electron chi connectivity index (χ2n) is 4.26. The molecule has 0 spiro atoms. The van der Waals surface area contributed by atoms with E-state index in [2.05, 4.69) is 33.6 Å². The van der Waals surface area contributed by atoms with Crippen molar-refractivity contribution >= 4 is 6.60 Å². The van der Waals surface area contributed by atoms with Gasteiger partial charge in [0.15, 0.2) is 0 Å². The topological polar surface area (TPSA) is 0 Å². The van der Waals surface area contributed by atoms with Gasteiger partial charge in [-0.3, -0.25) is 0 Å². The Kier molecular flexibility index (Phi) is 4.22. The second-order valence-corrected chi connectivity index (χ2v) is 12.8. The fraction of sp³-hybridized carbons (Fsp3) is 1.00. The molecule has 0 bridgehead atoms. The van der Waals surface area contributed by atoms with Crippen LogP contribution in [0.5, 0.6) is 0 Å². The van der Waals surface area contributed by atoms with Gasteiger partial charge in [-0.1, -0.05) is 0 Å². The molecule has 0 saturated heterocycles. The molecule has 2 heteroatoms. The van der Waals surface area contributed by atoms with E-state index in [9.17, 15) is 0 Å². The molecular weight excluding hydrogens is 300 g/mol. The third-order valence-electron chi connectivity index (χ3n) is 1.26. The molecule has 0 aliphatic rings. The van der Waals surface area contributed by atoms with Crippen LogP contribution in [0.25, 0.3) is 0 Å². The van der Waals surface area contributed by atoms with Gasteiger partial charge < -0.3 is 0 Å². The molecule has 0 unspecified atom stereocenters. The van der Waals surface area contributed by atoms with Gasteiger partial charge in [0, 0.05) is 22.4 Å². The van der Waals surface area contributed by atoms with Gasteiger partial charge in [-0.05, 0) is 0 Å². The fourth-order valence-corrected chi connectivity index (χ4v) is 0. The molecule has 0 fully saturated rings. The van der Waals surface area contributed by atoms with Crippen LogP contribution < -0.4 is 0 Å². The van der Waals surface area contributed by atoms with Crippen LogP contribution in [0.1, 0.15) is 6.92 Å². The maximum absolute atomic E-state index is 2.39. The quantitative estimate of drug-likeness (QED) is 0.513. The maximum atomic E-state index is 2.39. The molecule has 0 aliphatic carbocycles. The SMILES string of the molecule is CCP(C)(C)(C)C.[Au]. The van der Waals surface area contributed by atoms with E-state index < -0.39 is 6.60 Å². The van der Waals surface area contributed by atoms with Crippen molar-refractivity contribution in [3.05, 3.63) is 0 Å². The first-order chi connectivity index (χ1) is 2.81. The molecular formula is C6H17AuP. The Morgan fingerprint density at radius 1 is 1.00 bits per heavy atom. The van der Waals surface area contributed by atoms with Crippen molar-refractivity contribution in [1.82, 2.24) is 0 Å². The van der Waals surface area contributed by atoms with Crippen molar-refractivity contribution in [2.45, 2.75) is 6.92 Å². The summed E-state index contributed by atoms with van der Waals surface area (Å²) in [4.78, 5) is 0. The fourth-order valence-electron chi connectivity index (χ4n) is 0. The normalized spacial score (nSPS) is 15.9. The van der Waals surface area contributed by atoms with Crippen LogP contribution in [-0.4, -0.2) is 32.8 Å². The molecule has 0 aliphatic heterocycles. The minimum absolute atomic E-state index is 0. The summed E-state index contributed by atoms with van der Waals surface area (Å²) in [5, 5.41) is 0. The summed E-state index contributed by atoms with van der Waals surface area (Å²) >= 11 is 0. The van der Waals surface area contributed by atoms with Crippen LogP contribution in [0, 0.1) is 0 Å². The van der Waals surface area contributed by atoms with Gasteiger partial charge in [0.1, 0.15) is 0 Å². The molecule has 57 valence electrons. The zero-order valence-corrected chi connectivity index (χ0v) is 9.52. The summed E-state index contributed by atoms with van der Waals surface area (Å²) in [5.74, 6) is 0. The first kappa shape index (κ1) is 11.9. The first-order valence-electron chi connectivity index (χ1n) is 2.81. The standard InChI is InChI=1S/C6H17P.Au/c1-6-7(2,3,4)5;/h6H2,1-5H3;. The monoisotopic (exact) mass is 317 g/mol. The molecule has 0 aromatic carbocycles. The van der Waals surface area contributed by atoms with E-state index in [0.29, 0.717) is 0 Å². The van der Waals surface area contributed by atoms with Crippen LogP contribution in [0.2, 0.25) is 0 Å².